The molecule has 7 heteroatoms. The van der Waals surface area contributed by atoms with E-state index in [1.807, 2.05) is 0 Å². The Labute approximate surface area is 366 Å². The molecule has 0 aliphatic carbocycles. The average molecular weight is 818 g/mol. The van der Waals surface area contributed by atoms with Crippen molar-refractivity contribution in [1.29, 1.82) is 0 Å². The molecule has 0 N–H and O–H groups in total. The highest BCUT2D eigenvalue weighted by Crippen LogP contribution is 2.42. The summed E-state index contributed by atoms with van der Waals surface area (Å²) in [6, 6.07) is 75.4. The minimum Gasteiger partial charge on any atom is -0.309 e. The fraction of sp³-hybridized carbons (Fsp3) is 0. The Bertz CT molecular complexity index is 3950. The van der Waals surface area contributed by atoms with Gasteiger partial charge in [-0.1, -0.05) is 133 Å². The Morgan fingerprint density at radius 3 is 1.14 bits per heavy atom. The lowest BCUT2D eigenvalue weighted by molar-refractivity contribution is 0.893. The van der Waals surface area contributed by atoms with Gasteiger partial charge in [0.25, 0.3) is 0 Å². The van der Waals surface area contributed by atoms with E-state index in [1.54, 1.807) is 0 Å². The van der Waals surface area contributed by atoms with Crippen LogP contribution < -0.4 is 0 Å². The van der Waals surface area contributed by atoms with E-state index in [0.29, 0.717) is 17.7 Å². The smallest absolute Gasteiger partial charge is 0.240 e. The number of fused-ring (bicyclic) bond motifs is 13. The second-order valence-corrected chi connectivity index (χ2v) is 16.4. The third-order valence-electron chi connectivity index (χ3n) is 13.0. The highest BCUT2D eigenvalue weighted by molar-refractivity contribution is 6.26. The number of nitrogens with zero attached hydrogens (tertiary/aromatic N) is 7. The van der Waals surface area contributed by atoms with Crippen LogP contribution in [0.15, 0.2) is 212 Å². The summed E-state index contributed by atoms with van der Waals surface area (Å²) in [5, 5.41) is 9.50. The van der Waals surface area contributed by atoms with Crippen LogP contribution >= 0.6 is 0 Å². The number of para-hydroxylation sites is 7. The Hall–Kier alpha value is -8.81. The largest absolute Gasteiger partial charge is 0.309 e. The van der Waals surface area contributed by atoms with Crippen LogP contribution in [0.25, 0.3) is 122 Å². The maximum atomic E-state index is 5.34. The van der Waals surface area contributed by atoms with Gasteiger partial charge in [0, 0.05) is 60.0 Å². The number of hydrogen-bond donors (Lipinski definition) is 0. The molecule has 14 rings (SSSR count). The van der Waals surface area contributed by atoms with Crippen molar-refractivity contribution in [3.05, 3.63) is 212 Å². The van der Waals surface area contributed by atoms with Crippen molar-refractivity contribution >= 4 is 87.2 Å². The normalized spacial score (nSPS) is 12.1. The van der Waals surface area contributed by atoms with Crippen LogP contribution in [0.5, 0.6) is 0 Å². The van der Waals surface area contributed by atoms with Gasteiger partial charge in [-0.05, 0) is 78.9 Å². The summed E-state index contributed by atoms with van der Waals surface area (Å²) in [5.74, 6) is 1.71. The number of aromatic nitrogens is 7. The third-order valence-corrected chi connectivity index (χ3v) is 13.0. The van der Waals surface area contributed by atoms with Crippen LogP contribution in [0.2, 0.25) is 0 Å². The van der Waals surface area contributed by atoms with Gasteiger partial charge in [0.1, 0.15) is 0 Å². The minimum atomic E-state index is 0.559. The first kappa shape index (κ1) is 34.9. The SMILES string of the molecule is c1ccc(-n2c3ccccc3c3ccc4c(c5ccccc5n4-c4ccc(-c5nc(-n6c7ccccc7c7ccccc76)nc(-n6c7ccccc7c7ccccc76)n5)cc4)c32)cc1. The van der Waals surface area contributed by atoms with E-state index in [1.165, 1.54) is 32.6 Å². The van der Waals surface area contributed by atoms with Gasteiger partial charge in [0.05, 0.1) is 44.1 Å². The van der Waals surface area contributed by atoms with Crippen LogP contribution in [-0.4, -0.2) is 33.2 Å². The third kappa shape index (κ3) is 4.89. The summed E-state index contributed by atoms with van der Waals surface area (Å²) in [5.41, 5.74) is 11.9. The topological polar surface area (TPSA) is 58.4 Å². The summed E-state index contributed by atoms with van der Waals surface area (Å²) in [6.45, 7) is 0. The lowest BCUT2D eigenvalue weighted by Gasteiger charge is -2.13. The van der Waals surface area contributed by atoms with E-state index >= 15 is 0 Å². The average Bonchev–Trinajstić information content (AvgIpc) is 4.09. The molecule has 0 aliphatic rings. The van der Waals surface area contributed by atoms with Crippen molar-refractivity contribution in [3.63, 3.8) is 0 Å². The summed E-state index contributed by atoms with van der Waals surface area (Å²) < 4.78 is 9.17. The van der Waals surface area contributed by atoms with Crippen LogP contribution in [0.1, 0.15) is 0 Å². The number of hydrogen-bond acceptors (Lipinski definition) is 3. The molecule has 5 heterocycles. The summed E-state index contributed by atoms with van der Waals surface area (Å²) in [7, 11) is 0. The monoisotopic (exact) mass is 817 g/mol. The Morgan fingerprint density at radius 2 is 0.641 bits per heavy atom. The van der Waals surface area contributed by atoms with Crippen LogP contribution in [0.4, 0.5) is 0 Å². The zero-order chi connectivity index (χ0) is 41.9. The van der Waals surface area contributed by atoms with E-state index in [0.717, 1.165) is 71.6 Å². The van der Waals surface area contributed by atoms with Crippen molar-refractivity contribution in [2.45, 2.75) is 0 Å². The lowest BCUT2D eigenvalue weighted by atomic mass is 10.1. The first-order chi connectivity index (χ1) is 31.8. The van der Waals surface area contributed by atoms with Crippen molar-refractivity contribution < 1.29 is 0 Å². The Morgan fingerprint density at radius 1 is 0.250 bits per heavy atom. The van der Waals surface area contributed by atoms with Crippen molar-refractivity contribution in [1.82, 2.24) is 33.2 Å². The maximum Gasteiger partial charge on any atom is 0.240 e. The summed E-state index contributed by atoms with van der Waals surface area (Å²) >= 11 is 0. The minimum absolute atomic E-state index is 0.559. The van der Waals surface area contributed by atoms with Gasteiger partial charge < -0.3 is 9.13 Å². The molecule has 7 nitrogen and oxygen atoms in total. The molecule has 0 saturated heterocycles. The molecule has 0 amide bonds. The molecule has 14 aromatic rings. The molecule has 298 valence electrons. The zero-order valence-corrected chi connectivity index (χ0v) is 34.3. The van der Waals surface area contributed by atoms with Gasteiger partial charge in [0.15, 0.2) is 5.82 Å². The second kappa shape index (κ2) is 13.3. The molecule has 64 heavy (non-hydrogen) atoms. The van der Waals surface area contributed by atoms with Gasteiger partial charge in [-0.3, -0.25) is 9.13 Å². The first-order valence-corrected chi connectivity index (χ1v) is 21.6. The Kier molecular flexibility index (Phi) is 7.27. The van der Waals surface area contributed by atoms with E-state index in [2.05, 4.69) is 231 Å². The van der Waals surface area contributed by atoms with Gasteiger partial charge in [-0.2, -0.15) is 15.0 Å². The standard InChI is InChI=1S/C57H35N7/c1-2-16-37(17-3-1)62-46-24-10-8-22-43(46)44-34-35-52-53(54(44)62)45-23-9-15-29-51(45)61(52)38-32-30-36(31-33-38)55-58-56(63-47-25-11-4-18-39(47)40-19-5-12-26-48(40)63)60-57(59-55)64-49-27-13-6-20-41(49)42-21-7-14-28-50(42)64/h1-35H. The molecule has 0 aliphatic heterocycles. The van der Waals surface area contributed by atoms with Gasteiger partial charge in [-0.15, -0.1) is 0 Å². The highest BCUT2D eigenvalue weighted by Gasteiger charge is 2.23. The fourth-order valence-electron chi connectivity index (χ4n) is 10.4. The van der Waals surface area contributed by atoms with Gasteiger partial charge in [0.2, 0.25) is 11.9 Å². The lowest BCUT2D eigenvalue weighted by Crippen LogP contribution is -2.10. The van der Waals surface area contributed by atoms with Crippen LogP contribution in [-0.2, 0) is 0 Å². The summed E-state index contributed by atoms with van der Waals surface area (Å²) in [6.07, 6.45) is 0. The van der Waals surface area contributed by atoms with E-state index in [-0.39, 0.29) is 0 Å². The molecule has 0 fully saturated rings. The molecular formula is C57H35N7. The molecular weight excluding hydrogens is 783 g/mol. The molecule has 0 radical (unpaired) electrons. The second-order valence-electron chi connectivity index (χ2n) is 16.4. The highest BCUT2D eigenvalue weighted by atomic mass is 15.3. The molecule has 5 aromatic heterocycles. The predicted molar refractivity (Wildman–Crippen MR) is 263 cm³/mol. The zero-order valence-electron chi connectivity index (χ0n) is 34.3. The van der Waals surface area contributed by atoms with Gasteiger partial charge >= 0.3 is 0 Å². The molecule has 0 spiro atoms. The van der Waals surface area contributed by atoms with E-state index in [9.17, 15) is 0 Å². The van der Waals surface area contributed by atoms with Crippen molar-refractivity contribution in [2.75, 3.05) is 0 Å². The van der Waals surface area contributed by atoms with Crippen molar-refractivity contribution in [3.8, 4) is 34.7 Å². The maximum absolute atomic E-state index is 5.34. The van der Waals surface area contributed by atoms with E-state index in [4.69, 9.17) is 15.0 Å². The number of benzene rings is 9. The molecule has 0 unspecified atom stereocenters. The van der Waals surface area contributed by atoms with Crippen LogP contribution in [0.3, 0.4) is 0 Å². The predicted octanol–water partition coefficient (Wildman–Crippen LogP) is 13.9. The van der Waals surface area contributed by atoms with Gasteiger partial charge in [-0.25, -0.2) is 0 Å². The van der Waals surface area contributed by atoms with E-state index < -0.39 is 0 Å². The first-order valence-electron chi connectivity index (χ1n) is 21.6. The molecule has 0 saturated carbocycles. The number of rotatable bonds is 5. The Balaban J connectivity index is 1.000. The fourth-order valence-corrected chi connectivity index (χ4v) is 10.4. The molecule has 0 bridgehead atoms. The quantitative estimate of drug-likeness (QED) is 0.174. The van der Waals surface area contributed by atoms with Crippen molar-refractivity contribution in [2.24, 2.45) is 0 Å². The summed E-state index contributed by atoms with van der Waals surface area (Å²) in [4.78, 5) is 16.0. The van der Waals surface area contributed by atoms with Crippen LogP contribution in [0, 0.1) is 0 Å². The molecule has 9 aromatic carbocycles. The molecule has 0 atom stereocenters.